The normalized spacial score (nSPS) is 13.3. The van der Waals surface area contributed by atoms with E-state index >= 15 is 0 Å². The Morgan fingerprint density at radius 3 is 2.71 bits per heavy atom. The molecule has 2 unspecified atom stereocenters. The Kier molecular flexibility index (Phi) is 6.00. The number of esters is 1. The molecule has 1 heterocycles. The van der Waals surface area contributed by atoms with Crippen LogP contribution in [0.15, 0.2) is 12.3 Å². The number of rotatable bonds is 7. The maximum atomic E-state index is 11.2. The molecule has 0 radical (unpaired) electrons. The molecule has 1 rings (SSSR count). The van der Waals surface area contributed by atoms with Crippen LogP contribution in [0.2, 0.25) is 0 Å². The Labute approximate surface area is 120 Å². The Hall–Kier alpha value is -2.26. The number of pyridine rings is 1. The molecule has 0 aromatic carbocycles. The van der Waals surface area contributed by atoms with Gasteiger partial charge in [-0.15, -0.1) is 0 Å². The van der Waals surface area contributed by atoms with Gasteiger partial charge in [0.2, 0.25) is 0 Å². The highest BCUT2D eigenvalue weighted by Gasteiger charge is 2.26. The number of aliphatic hydroxyl groups excluding tert-OH is 2. The first-order chi connectivity index (χ1) is 9.90. The molecule has 2 N–H and O–H groups in total. The average molecular weight is 300 g/mol. The van der Waals surface area contributed by atoms with Crippen LogP contribution < -0.4 is 4.74 Å². The molecule has 0 bridgehead atoms. The molecule has 1 aromatic heterocycles. The first kappa shape index (κ1) is 16.8. The third-order valence-corrected chi connectivity index (χ3v) is 2.63. The van der Waals surface area contributed by atoms with E-state index in [0.717, 1.165) is 12.3 Å². The van der Waals surface area contributed by atoms with Gasteiger partial charge >= 0.3 is 11.7 Å². The fourth-order valence-electron chi connectivity index (χ4n) is 1.63. The minimum Gasteiger partial charge on any atom is -0.476 e. The van der Waals surface area contributed by atoms with Crippen LogP contribution in [0.3, 0.4) is 0 Å². The lowest BCUT2D eigenvalue weighted by Crippen LogP contribution is -2.23. The SMILES string of the molecule is CCOC(=O)CC(O)C(O)c1cnc(OC)c([N+](=O)[O-])c1. The Balaban J connectivity index is 2.91. The first-order valence-corrected chi connectivity index (χ1v) is 6.10. The number of nitro groups is 1. The summed E-state index contributed by atoms with van der Waals surface area (Å²) in [6.45, 7) is 1.76. The molecule has 0 fully saturated rings. The number of carbonyl (C=O) groups excluding carboxylic acids is 1. The number of hydrogen-bond acceptors (Lipinski definition) is 8. The lowest BCUT2D eigenvalue weighted by molar-refractivity contribution is -0.386. The second-order valence-electron chi connectivity index (χ2n) is 4.08. The highest BCUT2D eigenvalue weighted by Crippen LogP contribution is 2.28. The molecular weight excluding hydrogens is 284 g/mol. The zero-order valence-corrected chi connectivity index (χ0v) is 11.6. The van der Waals surface area contributed by atoms with Crippen molar-refractivity contribution in [1.29, 1.82) is 0 Å². The predicted molar refractivity (Wildman–Crippen MR) is 69.7 cm³/mol. The number of methoxy groups -OCH3 is 1. The molecule has 0 saturated carbocycles. The molecule has 0 spiro atoms. The van der Waals surface area contributed by atoms with Crippen molar-refractivity contribution in [1.82, 2.24) is 4.98 Å². The molecule has 21 heavy (non-hydrogen) atoms. The highest BCUT2D eigenvalue weighted by molar-refractivity contribution is 5.70. The third-order valence-electron chi connectivity index (χ3n) is 2.63. The summed E-state index contributed by atoms with van der Waals surface area (Å²) in [5.41, 5.74) is -0.448. The summed E-state index contributed by atoms with van der Waals surface area (Å²) in [7, 11) is 1.22. The van der Waals surface area contributed by atoms with Crippen molar-refractivity contribution in [2.45, 2.75) is 25.6 Å². The predicted octanol–water partition coefficient (Wildman–Crippen LogP) is 0.346. The second-order valence-corrected chi connectivity index (χ2v) is 4.08. The monoisotopic (exact) mass is 300 g/mol. The minimum absolute atomic E-state index is 0.000650. The molecule has 0 aliphatic heterocycles. The number of ether oxygens (including phenoxy) is 2. The highest BCUT2D eigenvalue weighted by atomic mass is 16.6. The maximum absolute atomic E-state index is 11.2. The summed E-state index contributed by atoms with van der Waals surface area (Å²) >= 11 is 0. The third kappa shape index (κ3) is 4.36. The number of nitrogens with zero attached hydrogens (tertiary/aromatic N) is 2. The van der Waals surface area contributed by atoms with Crippen molar-refractivity contribution in [3.8, 4) is 5.88 Å². The van der Waals surface area contributed by atoms with Crippen LogP contribution in [0.4, 0.5) is 5.69 Å². The van der Waals surface area contributed by atoms with Crippen LogP contribution in [0, 0.1) is 10.1 Å². The molecule has 2 atom stereocenters. The van der Waals surface area contributed by atoms with Gasteiger partial charge in [0.1, 0.15) is 6.10 Å². The van der Waals surface area contributed by atoms with Gasteiger partial charge in [-0.3, -0.25) is 14.9 Å². The summed E-state index contributed by atoms with van der Waals surface area (Å²) in [6, 6.07) is 1.03. The van der Waals surface area contributed by atoms with E-state index < -0.39 is 35.2 Å². The Morgan fingerprint density at radius 1 is 1.52 bits per heavy atom. The van der Waals surface area contributed by atoms with Gasteiger partial charge in [0, 0.05) is 17.8 Å². The van der Waals surface area contributed by atoms with Crippen molar-refractivity contribution >= 4 is 11.7 Å². The van der Waals surface area contributed by atoms with Gasteiger partial charge in [-0.25, -0.2) is 4.98 Å². The van der Waals surface area contributed by atoms with Gasteiger partial charge < -0.3 is 19.7 Å². The van der Waals surface area contributed by atoms with Crippen LogP contribution in [-0.2, 0) is 9.53 Å². The van der Waals surface area contributed by atoms with Crippen LogP contribution in [0.1, 0.15) is 25.0 Å². The molecule has 0 saturated heterocycles. The van der Waals surface area contributed by atoms with Crippen molar-refractivity contribution < 1.29 is 29.4 Å². The smallest absolute Gasteiger partial charge is 0.331 e. The van der Waals surface area contributed by atoms with Crippen molar-refractivity contribution in [2.24, 2.45) is 0 Å². The molecule has 116 valence electrons. The zero-order valence-electron chi connectivity index (χ0n) is 11.6. The van der Waals surface area contributed by atoms with Crippen LogP contribution in [0.25, 0.3) is 0 Å². The zero-order chi connectivity index (χ0) is 16.0. The van der Waals surface area contributed by atoms with Crippen LogP contribution in [0.5, 0.6) is 5.88 Å². The standard InChI is InChI=1S/C12H16N2O7/c1-3-21-10(16)5-9(15)11(17)7-4-8(14(18)19)12(20-2)13-6-7/h4,6,9,11,15,17H,3,5H2,1-2H3. The van der Waals surface area contributed by atoms with Crippen molar-refractivity contribution in [2.75, 3.05) is 13.7 Å². The topological polar surface area (TPSA) is 132 Å². The quantitative estimate of drug-likeness (QED) is 0.418. The fourth-order valence-corrected chi connectivity index (χ4v) is 1.63. The van der Waals surface area contributed by atoms with E-state index in [1.807, 2.05) is 0 Å². The summed E-state index contributed by atoms with van der Waals surface area (Å²) in [4.78, 5) is 25.0. The lowest BCUT2D eigenvalue weighted by atomic mass is 10.0. The van der Waals surface area contributed by atoms with E-state index in [1.165, 1.54) is 7.11 Å². The van der Waals surface area contributed by atoms with E-state index in [2.05, 4.69) is 9.72 Å². The molecule has 0 amide bonds. The first-order valence-electron chi connectivity index (χ1n) is 6.10. The van der Waals surface area contributed by atoms with Gasteiger partial charge in [-0.1, -0.05) is 0 Å². The van der Waals surface area contributed by atoms with E-state index in [-0.39, 0.29) is 18.1 Å². The summed E-state index contributed by atoms with van der Waals surface area (Å²) in [5, 5.41) is 30.5. The van der Waals surface area contributed by atoms with Gasteiger partial charge in [0.15, 0.2) is 0 Å². The van der Waals surface area contributed by atoms with Gasteiger partial charge in [-0.05, 0) is 6.92 Å². The molecule has 9 heteroatoms. The number of hydrogen-bond donors (Lipinski definition) is 2. The number of aliphatic hydroxyl groups is 2. The number of aromatic nitrogens is 1. The molecule has 0 aliphatic carbocycles. The largest absolute Gasteiger partial charge is 0.476 e. The Bertz CT molecular complexity index is 520. The molecular formula is C12H16N2O7. The number of carbonyl (C=O) groups is 1. The van der Waals surface area contributed by atoms with E-state index in [4.69, 9.17) is 4.74 Å². The molecule has 1 aromatic rings. The summed E-state index contributed by atoms with van der Waals surface area (Å²) in [5.74, 6) is -0.893. The van der Waals surface area contributed by atoms with Crippen LogP contribution in [-0.4, -0.2) is 45.9 Å². The molecule has 9 nitrogen and oxygen atoms in total. The van der Waals surface area contributed by atoms with Gasteiger partial charge in [0.05, 0.1) is 31.2 Å². The van der Waals surface area contributed by atoms with Gasteiger partial charge in [0.25, 0.3) is 5.88 Å². The van der Waals surface area contributed by atoms with E-state index in [0.29, 0.717) is 0 Å². The lowest BCUT2D eigenvalue weighted by Gasteiger charge is -2.17. The van der Waals surface area contributed by atoms with Gasteiger partial charge in [-0.2, -0.15) is 0 Å². The second kappa shape index (κ2) is 7.50. The average Bonchev–Trinajstić information content (AvgIpc) is 2.45. The fraction of sp³-hybridized carbons (Fsp3) is 0.500. The van der Waals surface area contributed by atoms with Crippen molar-refractivity contribution in [3.63, 3.8) is 0 Å². The summed E-state index contributed by atoms with van der Waals surface area (Å²) < 4.78 is 9.37. The minimum atomic E-state index is -1.51. The van der Waals surface area contributed by atoms with Crippen molar-refractivity contribution in [3.05, 3.63) is 27.9 Å². The molecule has 0 aliphatic rings. The van der Waals surface area contributed by atoms with E-state index in [1.54, 1.807) is 6.92 Å². The van der Waals surface area contributed by atoms with Crippen LogP contribution >= 0.6 is 0 Å². The van der Waals surface area contributed by atoms with E-state index in [9.17, 15) is 25.1 Å². The maximum Gasteiger partial charge on any atom is 0.331 e. The summed E-state index contributed by atoms with van der Waals surface area (Å²) in [6.07, 6.45) is -2.27. The Morgan fingerprint density at radius 2 is 2.19 bits per heavy atom.